The molecule has 0 atom stereocenters. The first-order valence-electron chi connectivity index (χ1n) is 7.34. The minimum atomic E-state index is -0.191. The third kappa shape index (κ3) is 4.66. The molecule has 0 spiro atoms. The molecule has 0 aliphatic carbocycles. The molecule has 122 valence electrons. The fraction of sp³-hybridized carbons (Fsp3) is 0.278. The molecule has 4 nitrogen and oxygen atoms in total. The topological polar surface area (TPSA) is 47.6 Å². The van der Waals surface area contributed by atoms with Crippen LogP contribution in [0.3, 0.4) is 0 Å². The van der Waals surface area contributed by atoms with Crippen LogP contribution in [0.15, 0.2) is 47.4 Å². The van der Waals surface area contributed by atoms with Crippen LogP contribution in [0.4, 0.5) is 0 Å². The van der Waals surface area contributed by atoms with E-state index in [2.05, 4.69) is 36.5 Å². The highest BCUT2D eigenvalue weighted by atomic mass is 32.2. The van der Waals surface area contributed by atoms with Gasteiger partial charge in [0.25, 0.3) is 5.91 Å². The molecule has 0 aliphatic heterocycles. The van der Waals surface area contributed by atoms with E-state index < -0.39 is 0 Å². The monoisotopic (exact) mass is 331 g/mol. The maximum atomic E-state index is 12.4. The predicted molar refractivity (Wildman–Crippen MR) is 93.8 cm³/mol. The van der Waals surface area contributed by atoms with Crippen molar-refractivity contribution in [2.24, 2.45) is 0 Å². The zero-order valence-corrected chi connectivity index (χ0v) is 14.4. The Kier molecular flexibility index (Phi) is 6.35. The minimum absolute atomic E-state index is 0.191. The number of rotatable bonds is 7. The van der Waals surface area contributed by atoms with Crippen LogP contribution >= 0.6 is 11.8 Å². The molecule has 0 bridgehead atoms. The largest absolute Gasteiger partial charge is 0.496 e. The van der Waals surface area contributed by atoms with Crippen LogP contribution in [0.2, 0.25) is 0 Å². The molecule has 0 saturated heterocycles. The van der Waals surface area contributed by atoms with Gasteiger partial charge in [-0.25, -0.2) is 0 Å². The SMILES string of the molecule is COc1cccc(OC)c1C(=O)NCCSc1ccc(C)cc1. The van der Waals surface area contributed by atoms with Gasteiger partial charge in [0.05, 0.1) is 14.2 Å². The maximum absolute atomic E-state index is 12.4. The summed E-state index contributed by atoms with van der Waals surface area (Å²) in [4.78, 5) is 13.6. The van der Waals surface area contributed by atoms with Crippen molar-refractivity contribution < 1.29 is 14.3 Å². The van der Waals surface area contributed by atoms with Crippen molar-refractivity contribution in [3.8, 4) is 11.5 Å². The summed E-state index contributed by atoms with van der Waals surface area (Å²) >= 11 is 1.71. The van der Waals surface area contributed by atoms with Crippen molar-refractivity contribution in [2.75, 3.05) is 26.5 Å². The second kappa shape index (κ2) is 8.48. The molecule has 2 aromatic rings. The summed E-state index contributed by atoms with van der Waals surface area (Å²) < 4.78 is 10.5. The number of thioether (sulfide) groups is 1. The summed E-state index contributed by atoms with van der Waals surface area (Å²) in [5.41, 5.74) is 1.67. The van der Waals surface area contributed by atoms with Crippen LogP contribution in [0, 0.1) is 6.92 Å². The first kappa shape index (κ1) is 17.2. The van der Waals surface area contributed by atoms with E-state index in [0.717, 1.165) is 5.75 Å². The third-order valence-electron chi connectivity index (χ3n) is 3.33. The number of carbonyl (C=O) groups excluding carboxylic acids is 1. The highest BCUT2D eigenvalue weighted by Gasteiger charge is 2.17. The number of hydrogen-bond donors (Lipinski definition) is 1. The molecular weight excluding hydrogens is 310 g/mol. The average molecular weight is 331 g/mol. The van der Waals surface area contributed by atoms with Gasteiger partial charge in [0, 0.05) is 17.2 Å². The van der Waals surface area contributed by atoms with Crippen molar-refractivity contribution in [1.29, 1.82) is 0 Å². The van der Waals surface area contributed by atoms with Gasteiger partial charge < -0.3 is 14.8 Å². The van der Waals surface area contributed by atoms with Crippen LogP contribution in [0.1, 0.15) is 15.9 Å². The summed E-state index contributed by atoms with van der Waals surface area (Å²) in [7, 11) is 3.08. The van der Waals surface area contributed by atoms with Gasteiger partial charge in [-0.1, -0.05) is 23.8 Å². The number of nitrogens with one attached hydrogen (secondary N) is 1. The zero-order chi connectivity index (χ0) is 16.7. The van der Waals surface area contributed by atoms with Gasteiger partial charge in [-0.15, -0.1) is 11.8 Å². The normalized spacial score (nSPS) is 10.2. The van der Waals surface area contributed by atoms with E-state index in [1.54, 1.807) is 44.2 Å². The van der Waals surface area contributed by atoms with E-state index in [9.17, 15) is 4.79 Å². The first-order valence-corrected chi connectivity index (χ1v) is 8.33. The molecule has 5 heteroatoms. The van der Waals surface area contributed by atoms with E-state index >= 15 is 0 Å². The van der Waals surface area contributed by atoms with Crippen molar-refractivity contribution >= 4 is 17.7 Å². The summed E-state index contributed by atoms with van der Waals surface area (Å²) in [6.45, 7) is 2.63. The summed E-state index contributed by atoms with van der Waals surface area (Å²) in [6, 6.07) is 13.6. The van der Waals surface area contributed by atoms with E-state index in [1.165, 1.54) is 10.5 Å². The van der Waals surface area contributed by atoms with Gasteiger partial charge in [-0.2, -0.15) is 0 Å². The lowest BCUT2D eigenvalue weighted by Gasteiger charge is -2.12. The Morgan fingerprint density at radius 3 is 2.22 bits per heavy atom. The van der Waals surface area contributed by atoms with Crippen LogP contribution in [-0.4, -0.2) is 32.4 Å². The van der Waals surface area contributed by atoms with Crippen LogP contribution < -0.4 is 14.8 Å². The quantitative estimate of drug-likeness (QED) is 0.623. The van der Waals surface area contributed by atoms with Gasteiger partial charge in [-0.05, 0) is 31.2 Å². The van der Waals surface area contributed by atoms with Crippen molar-refractivity contribution in [2.45, 2.75) is 11.8 Å². The van der Waals surface area contributed by atoms with Crippen LogP contribution in [-0.2, 0) is 0 Å². The fourth-order valence-electron chi connectivity index (χ4n) is 2.13. The molecular formula is C18H21NO3S. The Morgan fingerprint density at radius 2 is 1.65 bits per heavy atom. The minimum Gasteiger partial charge on any atom is -0.496 e. The lowest BCUT2D eigenvalue weighted by Crippen LogP contribution is -2.26. The standard InChI is InChI=1S/C18H21NO3S/c1-13-7-9-14(10-8-13)23-12-11-19-18(20)17-15(21-2)5-4-6-16(17)22-3/h4-10H,11-12H2,1-3H3,(H,19,20). The van der Waals surface area contributed by atoms with Gasteiger partial charge in [0.1, 0.15) is 17.1 Å². The molecule has 0 aromatic heterocycles. The summed E-state index contributed by atoms with van der Waals surface area (Å²) in [5.74, 6) is 1.62. The van der Waals surface area contributed by atoms with Gasteiger partial charge in [0.2, 0.25) is 0 Å². The molecule has 1 N–H and O–H groups in total. The smallest absolute Gasteiger partial charge is 0.258 e. The number of ether oxygens (including phenoxy) is 2. The van der Waals surface area contributed by atoms with E-state index in [1.807, 2.05) is 0 Å². The van der Waals surface area contributed by atoms with Crippen LogP contribution in [0.5, 0.6) is 11.5 Å². The van der Waals surface area contributed by atoms with Crippen molar-refractivity contribution in [3.63, 3.8) is 0 Å². The number of aryl methyl sites for hydroxylation is 1. The van der Waals surface area contributed by atoms with E-state index in [-0.39, 0.29) is 5.91 Å². The Bertz CT molecular complexity index is 634. The average Bonchev–Trinajstić information content (AvgIpc) is 2.59. The number of benzene rings is 2. The van der Waals surface area contributed by atoms with E-state index in [4.69, 9.17) is 9.47 Å². The molecule has 2 aromatic carbocycles. The number of carbonyl (C=O) groups is 1. The zero-order valence-electron chi connectivity index (χ0n) is 13.6. The Morgan fingerprint density at radius 1 is 1.04 bits per heavy atom. The first-order chi connectivity index (χ1) is 11.2. The molecule has 23 heavy (non-hydrogen) atoms. The molecule has 0 saturated carbocycles. The van der Waals surface area contributed by atoms with Crippen LogP contribution in [0.25, 0.3) is 0 Å². The lowest BCUT2D eigenvalue weighted by molar-refractivity contribution is 0.0950. The van der Waals surface area contributed by atoms with Gasteiger partial charge in [-0.3, -0.25) is 4.79 Å². The molecule has 0 aliphatic rings. The fourth-order valence-corrected chi connectivity index (χ4v) is 2.90. The molecule has 0 fully saturated rings. The second-order valence-corrected chi connectivity index (χ2v) is 6.12. The van der Waals surface area contributed by atoms with Crippen molar-refractivity contribution in [3.05, 3.63) is 53.6 Å². The van der Waals surface area contributed by atoms with Gasteiger partial charge >= 0.3 is 0 Å². The molecule has 2 rings (SSSR count). The Labute approximate surface area is 141 Å². The van der Waals surface area contributed by atoms with Gasteiger partial charge in [0.15, 0.2) is 0 Å². The highest BCUT2D eigenvalue weighted by Crippen LogP contribution is 2.28. The number of methoxy groups -OCH3 is 2. The second-order valence-electron chi connectivity index (χ2n) is 4.95. The van der Waals surface area contributed by atoms with Crippen molar-refractivity contribution in [1.82, 2.24) is 5.32 Å². The molecule has 0 unspecified atom stereocenters. The Hall–Kier alpha value is -2.14. The lowest BCUT2D eigenvalue weighted by atomic mass is 10.1. The summed E-state index contributed by atoms with van der Waals surface area (Å²) in [6.07, 6.45) is 0. The number of hydrogen-bond acceptors (Lipinski definition) is 4. The third-order valence-corrected chi connectivity index (χ3v) is 4.35. The maximum Gasteiger partial charge on any atom is 0.258 e. The summed E-state index contributed by atoms with van der Waals surface area (Å²) in [5, 5.41) is 2.91. The molecule has 0 heterocycles. The highest BCUT2D eigenvalue weighted by molar-refractivity contribution is 7.99. The predicted octanol–water partition coefficient (Wildman–Crippen LogP) is 3.53. The molecule has 0 radical (unpaired) electrons. The molecule has 1 amide bonds. The Balaban J connectivity index is 1.91. The number of amides is 1. The van der Waals surface area contributed by atoms with E-state index in [0.29, 0.717) is 23.6 Å².